The number of benzene rings is 1. The van der Waals surface area contributed by atoms with E-state index < -0.39 is 0 Å². The van der Waals surface area contributed by atoms with E-state index in [-0.39, 0.29) is 24.9 Å². The minimum absolute atomic E-state index is 0.116. The van der Waals surface area contributed by atoms with E-state index >= 15 is 0 Å². The lowest BCUT2D eigenvalue weighted by molar-refractivity contribution is 0.0730. The summed E-state index contributed by atoms with van der Waals surface area (Å²) in [6.45, 7) is 10.1. The minimum Gasteiger partial charge on any atom is -0.395 e. The predicted octanol–water partition coefficient (Wildman–Crippen LogP) is 2.32. The number of amides is 1. The molecule has 1 aromatic carbocycles. The quantitative estimate of drug-likeness (QED) is 0.792. The van der Waals surface area contributed by atoms with Crippen molar-refractivity contribution in [1.29, 1.82) is 0 Å². The van der Waals surface area contributed by atoms with E-state index in [1.807, 2.05) is 25.1 Å². The first-order valence-corrected chi connectivity index (χ1v) is 8.03. The first-order chi connectivity index (χ1) is 11.5. The molecule has 1 aromatic heterocycles. The normalized spacial score (nSPS) is 10.9. The maximum absolute atomic E-state index is 12.6. The van der Waals surface area contributed by atoms with Crippen LogP contribution in [0.4, 0.5) is 0 Å². The van der Waals surface area contributed by atoms with Gasteiger partial charge in [-0.3, -0.25) is 4.79 Å². The molecule has 128 valence electrons. The molecule has 0 bridgehead atoms. The van der Waals surface area contributed by atoms with Crippen LogP contribution >= 0.6 is 0 Å². The number of para-hydroxylation sites is 1. The second-order valence-electron chi connectivity index (χ2n) is 5.87. The summed E-state index contributed by atoms with van der Waals surface area (Å²) in [5, 5.41) is 13.5. The van der Waals surface area contributed by atoms with E-state index in [1.165, 1.54) is 4.90 Å². The Hall–Kier alpha value is -2.47. The van der Waals surface area contributed by atoms with Gasteiger partial charge < -0.3 is 10.0 Å². The van der Waals surface area contributed by atoms with E-state index in [0.717, 1.165) is 11.3 Å². The van der Waals surface area contributed by atoms with Crippen molar-refractivity contribution >= 4 is 5.91 Å². The molecule has 0 aliphatic rings. The Morgan fingerprint density at radius 3 is 2.75 bits per heavy atom. The van der Waals surface area contributed by atoms with Gasteiger partial charge in [0.25, 0.3) is 5.91 Å². The van der Waals surface area contributed by atoms with Crippen LogP contribution in [-0.2, 0) is 0 Å². The smallest absolute Gasteiger partial charge is 0.293 e. The lowest BCUT2D eigenvalue weighted by Crippen LogP contribution is -2.34. The number of carbonyl (C=O) groups is 1. The van der Waals surface area contributed by atoms with Crippen molar-refractivity contribution in [1.82, 2.24) is 19.7 Å². The molecule has 0 aliphatic carbocycles. The predicted molar refractivity (Wildman–Crippen MR) is 93.4 cm³/mol. The zero-order chi connectivity index (χ0) is 17.7. The zero-order valence-corrected chi connectivity index (χ0v) is 14.4. The van der Waals surface area contributed by atoms with Gasteiger partial charge in [0.05, 0.1) is 12.3 Å². The number of hydrogen-bond donors (Lipinski definition) is 1. The fourth-order valence-electron chi connectivity index (χ4n) is 2.57. The first-order valence-electron chi connectivity index (χ1n) is 8.03. The Balaban J connectivity index is 2.40. The summed E-state index contributed by atoms with van der Waals surface area (Å²) >= 11 is 0. The monoisotopic (exact) mass is 328 g/mol. The summed E-state index contributed by atoms with van der Waals surface area (Å²) in [6.07, 6.45) is 1.62. The van der Waals surface area contributed by atoms with Gasteiger partial charge in [0.2, 0.25) is 5.82 Å². The molecule has 1 heterocycles. The van der Waals surface area contributed by atoms with Gasteiger partial charge >= 0.3 is 0 Å². The highest BCUT2D eigenvalue weighted by Crippen LogP contribution is 2.23. The van der Waals surface area contributed by atoms with Crippen LogP contribution in [0.1, 0.15) is 41.8 Å². The zero-order valence-electron chi connectivity index (χ0n) is 14.4. The van der Waals surface area contributed by atoms with Crippen molar-refractivity contribution in [2.45, 2.75) is 26.7 Å². The molecule has 1 N–H and O–H groups in total. The minimum atomic E-state index is -0.312. The van der Waals surface area contributed by atoms with E-state index in [0.29, 0.717) is 18.3 Å². The number of aryl methyl sites for hydroxylation is 1. The molecule has 0 spiro atoms. The average Bonchev–Trinajstić information content (AvgIpc) is 2.95. The third-order valence-corrected chi connectivity index (χ3v) is 3.75. The summed E-state index contributed by atoms with van der Waals surface area (Å²) in [4.78, 5) is 18.4. The van der Waals surface area contributed by atoms with Gasteiger partial charge in [0.15, 0.2) is 0 Å². The summed E-state index contributed by atoms with van der Waals surface area (Å²) < 4.78 is 1.70. The molecule has 0 unspecified atom stereocenters. The second-order valence-corrected chi connectivity index (χ2v) is 5.87. The Labute approximate surface area is 142 Å². The van der Waals surface area contributed by atoms with Crippen molar-refractivity contribution in [2.75, 3.05) is 19.7 Å². The molecule has 0 fully saturated rings. The summed E-state index contributed by atoms with van der Waals surface area (Å²) in [5.41, 5.74) is 2.07. The van der Waals surface area contributed by atoms with Crippen LogP contribution in [0.3, 0.4) is 0 Å². The molecular weight excluding hydrogens is 304 g/mol. The molecular formula is C18H24N4O2. The maximum atomic E-state index is 12.6. The Kier molecular flexibility index (Phi) is 5.87. The fraction of sp³-hybridized carbons (Fsp3) is 0.389. The van der Waals surface area contributed by atoms with Crippen LogP contribution in [0.2, 0.25) is 0 Å². The molecule has 1 amide bonds. The average molecular weight is 328 g/mol. The number of aliphatic hydroxyl groups is 1. The SMILES string of the molecule is C=CCN(CCO)C(=O)c1nc(C)n(-c2ccccc2C(C)C)n1. The van der Waals surface area contributed by atoms with Crippen LogP contribution in [0.25, 0.3) is 5.69 Å². The van der Waals surface area contributed by atoms with Crippen LogP contribution in [0.5, 0.6) is 0 Å². The van der Waals surface area contributed by atoms with Gasteiger partial charge in [-0.05, 0) is 24.5 Å². The summed E-state index contributed by atoms with van der Waals surface area (Å²) in [6, 6.07) is 7.96. The summed E-state index contributed by atoms with van der Waals surface area (Å²) in [7, 11) is 0. The van der Waals surface area contributed by atoms with Gasteiger partial charge in [-0.1, -0.05) is 38.1 Å². The van der Waals surface area contributed by atoms with E-state index in [9.17, 15) is 4.79 Å². The molecule has 0 atom stereocenters. The molecule has 0 radical (unpaired) electrons. The number of rotatable bonds is 7. The van der Waals surface area contributed by atoms with Gasteiger partial charge in [-0.25, -0.2) is 9.67 Å². The first kappa shape index (κ1) is 17.9. The van der Waals surface area contributed by atoms with Crippen molar-refractivity contribution in [3.8, 4) is 5.69 Å². The van der Waals surface area contributed by atoms with Crippen molar-refractivity contribution < 1.29 is 9.90 Å². The van der Waals surface area contributed by atoms with Crippen LogP contribution in [0, 0.1) is 6.92 Å². The lowest BCUT2D eigenvalue weighted by atomic mass is 10.0. The third kappa shape index (κ3) is 3.71. The Morgan fingerprint density at radius 2 is 2.12 bits per heavy atom. The number of carbonyl (C=O) groups excluding carboxylic acids is 1. The molecule has 0 saturated carbocycles. The third-order valence-electron chi connectivity index (χ3n) is 3.75. The molecule has 24 heavy (non-hydrogen) atoms. The number of aliphatic hydroxyl groups excluding tert-OH is 1. The summed E-state index contributed by atoms with van der Waals surface area (Å²) in [5.74, 6) is 0.791. The maximum Gasteiger partial charge on any atom is 0.293 e. The standard InChI is InChI=1S/C18H24N4O2/c1-5-10-21(11-12-23)18(24)17-19-14(4)22(20-17)16-9-7-6-8-15(16)13(2)3/h5-9,13,23H,1,10-12H2,2-4H3. The molecule has 2 aromatic rings. The van der Waals surface area contributed by atoms with Gasteiger partial charge in [-0.15, -0.1) is 11.7 Å². The lowest BCUT2D eigenvalue weighted by Gasteiger charge is -2.17. The molecule has 0 aliphatic heterocycles. The molecule has 2 rings (SSSR count). The van der Waals surface area contributed by atoms with Crippen molar-refractivity contribution in [3.05, 3.63) is 54.1 Å². The van der Waals surface area contributed by atoms with Crippen LogP contribution < -0.4 is 0 Å². The highest BCUT2D eigenvalue weighted by molar-refractivity contribution is 5.90. The van der Waals surface area contributed by atoms with Gasteiger partial charge in [-0.2, -0.15) is 0 Å². The van der Waals surface area contributed by atoms with E-state index in [4.69, 9.17) is 5.11 Å². The Bertz CT molecular complexity index is 722. The number of nitrogens with zero attached hydrogens (tertiary/aromatic N) is 4. The number of hydrogen-bond acceptors (Lipinski definition) is 4. The largest absolute Gasteiger partial charge is 0.395 e. The highest BCUT2D eigenvalue weighted by atomic mass is 16.3. The molecule has 6 nitrogen and oxygen atoms in total. The molecule has 0 saturated heterocycles. The van der Waals surface area contributed by atoms with Gasteiger partial charge in [0, 0.05) is 13.1 Å². The highest BCUT2D eigenvalue weighted by Gasteiger charge is 2.21. The van der Waals surface area contributed by atoms with E-state index in [2.05, 4.69) is 36.6 Å². The van der Waals surface area contributed by atoms with Crippen molar-refractivity contribution in [2.24, 2.45) is 0 Å². The second kappa shape index (κ2) is 7.88. The van der Waals surface area contributed by atoms with Gasteiger partial charge in [0.1, 0.15) is 5.82 Å². The van der Waals surface area contributed by atoms with E-state index in [1.54, 1.807) is 10.8 Å². The van der Waals surface area contributed by atoms with Crippen LogP contribution in [0.15, 0.2) is 36.9 Å². The fourth-order valence-corrected chi connectivity index (χ4v) is 2.57. The van der Waals surface area contributed by atoms with Crippen LogP contribution in [-0.4, -0.2) is 50.4 Å². The Morgan fingerprint density at radius 1 is 1.42 bits per heavy atom. The molecule has 6 heteroatoms. The topological polar surface area (TPSA) is 71.2 Å². The van der Waals surface area contributed by atoms with Crippen molar-refractivity contribution in [3.63, 3.8) is 0 Å². The number of aromatic nitrogens is 3.